The topological polar surface area (TPSA) is 103 Å². The van der Waals surface area contributed by atoms with Gasteiger partial charge >= 0.3 is 0 Å². The normalized spacial score (nSPS) is 28.1. The summed E-state index contributed by atoms with van der Waals surface area (Å²) in [7, 11) is 0. The molecular formula is C13H15FN4O4. The summed E-state index contributed by atoms with van der Waals surface area (Å²) in [6.45, 7) is 3.31. The van der Waals surface area contributed by atoms with Crippen LogP contribution in [0.25, 0.3) is 11.2 Å². The molecule has 22 heavy (non-hydrogen) atoms. The second-order valence-corrected chi connectivity index (χ2v) is 4.79. The molecule has 3 heterocycles. The van der Waals surface area contributed by atoms with E-state index in [1.165, 1.54) is 17.2 Å². The molecule has 1 saturated heterocycles. The van der Waals surface area contributed by atoms with Crippen LogP contribution in [0.3, 0.4) is 0 Å². The highest BCUT2D eigenvalue weighted by Gasteiger charge is 2.45. The maximum atomic E-state index is 14.2. The summed E-state index contributed by atoms with van der Waals surface area (Å²) in [6.07, 6.45) is -1.07. The molecule has 0 radical (unpaired) electrons. The second-order valence-electron chi connectivity index (χ2n) is 4.79. The van der Waals surface area contributed by atoms with Crippen LogP contribution in [0.2, 0.25) is 0 Å². The number of aliphatic hydroxyl groups is 2. The SMILES string of the molecule is C=CCOc1ncnc2c1ncn2C1OC(CO)[C@@H](O)[C@H]1F. The van der Waals surface area contributed by atoms with E-state index in [4.69, 9.17) is 14.6 Å². The van der Waals surface area contributed by atoms with Gasteiger partial charge in [-0.1, -0.05) is 12.7 Å². The number of fused-ring (bicyclic) bond motifs is 1. The molecule has 0 aliphatic carbocycles. The van der Waals surface area contributed by atoms with Crippen molar-refractivity contribution in [2.75, 3.05) is 13.2 Å². The molecule has 118 valence electrons. The van der Waals surface area contributed by atoms with Crippen LogP contribution in [-0.4, -0.2) is 61.3 Å². The van der Waals surface area contributed by atoms with Crippen molar-refractivity contribution in [1.29, 1.82) is 0 Å². The van der Waals surface area contributed by atoms with Crippen molar-refractivity contribution < 1.29 is 24.1 Å². The Bertz CT molecular complexity index is 679. The van der Waals surface area contributed by atoms with Crippen molar-refractivity contribution in [2.45, 2.75) is 24.6 Å². The van der Waals surface area contributed by atoms with Crippen LogP contribution < -0.4 is 4.74 Å². The highest BCUT2D eigenvalue weighted by molar-refractivity contribution is 5.76. The minimum absolute atomic E-state index is 0.246. The highest BCUT2D eigenvalue weighted by Crippen LogP contribution is 2.34. The van der Waals surface area contributed by atoms with Gasteiger partial charge in [0, 0.05) is 0 Å². The third kappa shape index (κ3) is 2.32. The van der Waals surface area contributed by atoms with Gasteiger partial charge in [-0.05, 0) is 0 Å². The van der Waals surface area contributed by atoms with E-state index in [0.29, 0.717) is 11.2 Å². The third-order valence-electron chi connectivity index (χ3n) is 3.41. The second kappa shape index (κ2) is 5.95. The first-order valence-corrected chi connectivity index (χ1v) is 6.67. The Morgan fingerprint density at radius 3 is 2.95 bits per heavy atom. The van der Waals surface area contributed by atoms with Gasteiger partial charge in [0.1, 0.15) is 25.1 Å². The Morgan fingerprint density at radius 1 is 1.45 bits per heavy atom. The van der Waals surface area contributed by atoms with Crippen LogP contribution in [-0.2, 0) is 4.74 Å². The minimum atomic E-state index is -1.71. The molecule has 9 heteroatoms. The first-order valence-electron chi connectivity index (χ1n) is 6.67. The zero-order valence-corrected chi connectivity index (χ0v) is 11.5. The third-order valence-corrected chi connectivity index (χ3v) is 3.41. The lowest BCUT2D eigenvalue weighted by Gasteiger charge is -2.14. The van der Waals surface area contributed by atoms with Crippen LogP contribution in [0.4, 0.5) is 4.39 Å². The molecule has 1 fully saturated rings. The lowest BCUT2D eigenvalue weighted by Crippen LogP contribution is -2.30. The quantitative estimate of drug-likeness (QED) is 0.748. The minimum Gasteiger partial charge on any atom is -0.472 e. The van der Waals surface area contributed by atoms with Crippen molar-refractivity contribution in [3.63, 3.8) is 0 Å². The van der Waals surface area contributed by atoms with Gasteiger partial charge in [0.05, 0.1) is 12.9 Å². The fraction of sp³-hybridized carbons (Fsp3) is 0.462. The van der Waals surface area contributed by atoms with Crippen molar-refractivity contribution in [3.05, 3.63) is 25.3 Å². The first kappa shape index (κ1) is 14.8. The van der Waals surface area contributed by atoms with E-state index in [9.17, 15) is 9.50 Å². The number of rotatable bonds is 5. The number of aliphatic hydroxyl groups excluding tert-OH is 2. The average molecular weight is 310 g/mol. The summed E-state index contributed by atoms with van der Waals surface area (Å²) in [4.78, 5) is 12.1. The number of aromatic nitrogens is 4. The van der Waals surface area contributed by atoms with Gasteiger partial charge in [0.25, 0.3) is 0 Å². The summed E-state index contributed by atoms with van der Waals surface area (Å²) in [6, 6.07) is 0. The van der Waals surface area contributed by atoms with Crippen molar-refractivity contribution in [3.8, 4) is 5.88 Å². The van der Waals surface area contributed by atoms with Crippen LogP contribution in [0.5, 0.6) is 5.88 Å². The molecule has 0 saturated carbocycles. The van der Waals surface area contributed by atoms with Crippen LogP contribution in [0.1, 0.15) is 6.23 Å². The number of hydrogen-bond acceptors (Lipinski definition) is 7. The van der Waals surface area contributed by atoms with E-state index in [1.54, 1.807) is 6.08 Å². The van der Waals surface area contributed by atoms with Gasteiger partial charge in [-0.25, -0.2) is 14.4 Å². The predicted octanol–water partition coefficient (Wildman–Crippen LogP) is -0.0202. The summed E-state index contributed by atoms with van der Waals surface area (Å²) < 4.78 is 26.2. The van der Waals surface area contributed by atoms with Gasteiger partial charge in [-0.2, -0.15) is 4.98 Å². The Labute approximate surface area is 124 Å². The van der Waals surface area contributed by atoms with Gasteiger partial charge in [0.15, 0.2) is 23.6 Å². The van der Waals surface area contributed by atoms with Gasteiger partial charge in [0.2, 0.25) is 5.88 Å². The van der Waals surface area contributed by atoms with Gasteiger partial charge in [-0.15, -0.1) is 0 Å². The molecule has 8 nitrogen and oxygen atoms in total. The van der Waals surface area contributed by atoms with Crippen LogP contribution in [0.15, 0.2) is 25.3 Å². The molecule has 1 aliphatic heterocycles. The summed E-state index contributed by atoms with van der Waals surface area (Å²) >= 11 is 0. The van der Waals surface area contributed by atoms with E-state index in [1.807, 2.05) is 0 Å². The van der Waals surface area contributed by atoms with Gasteiger partial charge in [-0.3, -0.25) is 4.57 Å². The number of imidazole rings is 1. The lowest BCUT2D eigenvalue weighted by atomic mass is 10.1. The smallest absolute Gasteiger partial charge is 0.245 e. The summed E-state index contributed by atoms with van der Waals surface area (Å²) in [5, 5.41) is 18.8. The maximum absolute atomic E-state index is 14.2. The molecule has 2 N–H and O–H groups in total. The molecule has 2 aromatic rings. The molecule has 2 aromatic heterocycles. The van der Waals surface area contributed by atoms with E-state index in [2.05, 4.69) is 21.5 Å². The van der Waals surface area contributed by atoms with E-state index >= 15 is 0 Å². The zero-order valence-electron chi connectivity index (χ0n) is 11.5. The Kier molecular flexibility index (Phi) is 4.01. The molecular weight excluding hydrogens is 295 g/mol. The van der Waals surface area contributed by atoms with Crippen molar-refractivity contribution >= 4 is 11.2 Å². The first-order chi connectivity index (χ1) is 10.7. The van der Waals surface area contributed by atoms with E-state index < -0.39 is 31.2 Å². The number of halogens is 1. The van der Waals surface area contributed by atoms with Crippen LogP contribution in [0, 0.1) is 0 Å². The number of alkyl halides is 1. The molecule has 0 spiro atoms. The van der Waals surface area contributed by atoms with Crippen molar-refractivity contribution in [1.82, 2.24) is 19.5 Å². The fourth-order valence-corrected chi connectivity index (χ4v) is 2.34. The molecule has 0 amide bonds. The lowest BCUT2D eigenvalue weighted by molar-refractivity contribution is -0.0459. The van der Waals surface area contributed by atoms with Gasteiger partial charge < -0.3 is 19.7 Å². The van der Waals surface area contributed by atoms with E-state index in [0.717, 1.165) is 0 Å². The Hall–Kier alpha value is -2.10. The van der Waals surface area contributed by atoms with Crippen molar-refractivity contribution in [2.24, 2.45) is 0 Å². The fourth-order valence-electron chi connectivity index (χ4n) is 2.34. The maximum Gasteiger partial charge on any atom is 0.245 e. The molecule has 0 bridgehead atoms. The summed E-state index contributed by atoms with van der Waals surface area (Å²) in [5.41, 5.74) is 0.662. The zero-order chi connectivity index (χ0) is 15.7. The summed E-state index contributed by atoms with van der Waals surface area (Å²) in [5.74, 6) is 0.247. The standard InChI is InChI=1S/C13H15FN4O4/c1-2-3-21-12-9-11(15-5-16-12)18(6-17-9)13-8(14)10(20)7(4-19)22-13/h2,5-8,10,13,19-20H,1,3-4H2/t7?,8-,10-,13?/m1/s1. The molecule has 1 aliphatic rings. The molecule has 0 aromatic carbocycles. The largest absolute Gasteiger partial charge is 0.472 e. The monoisotopic (exact) mass is 310 g/mol. The predicted molar refractivity (Wildman–Crippen MR) is 72.9 cm³/mol. The highest BCUT2D eigenvalue weighted by atomic mass is 19.1. The van der Waals surface area contributed by atoms with Crippen LogP contribution >= 0.6 is 0 Å². The molecule has 4 atom stereocenters. The number of nitrogens with zero attached hydrogens (tertiary/aromatic N) is 4. The Morgan fingerprint density at radius 2 is 2.27 bits per heavy atom. The molecule has 2 unspecified atom stereocenters. The molecule has 3 rings (SSSR count). The van der Waals surface area contributed by atoms with E-state index in [-0.39, 0.29) is 12.5 Å². The average Bonchev–Trinajstić information content (AvgIpc) is 3.08. The number of ether oxygens (including phenoxy) is 2. The Balaban J connectivity index is 1.97. The number of hydrogen-bond donors (Lipinski definition) is 2.